The van der Waals surface area contributed by atoms with Crippen LogP contribution in [0.25, 0.3) is 0 Å². The minimum Gasteiger partial charge on any atom is -0.480 e. The van der Waals surface area contributed by atoms with Gasteiger partial charge in [-0.2, -0.15) is 0 Å². The summed E-state index contributed by atoms with van der Waals surface area (Å²) in [6.45, 7) is 1.98. The molecule has 0 radical (unpaired) electrons. The van der Waals surface area contributed by atoms with Crippen molar-refractivity contribution in [1.82, 2.24) is 34.5 Å². The summed E-state index contributed by atoms with van der Waals surface area (Å²) in [5, 5.41) is 41.6. The second-order valence-corrected chi connectivity index (χ2v) is 15.0. The number of ether oxygens (including phenoxy) is 3. The number of hydrogen-bond acceptors (Lipinski definition) is 16. The number of hydrogen-bond donors (Lipinski definition) is 6. The van der Waals surface area contributed by atoms with Gasteiger partial charge in [0.05, 0.1) is 59.3 Å². The summed E-state index contributed by atoms with van der Waals surface area (Å²) in [6, 6.07) is 12.0. The van der Waals surface area contributed by atoms with E-state index in [9.17, 15) is 54.0 Å². The topological polar surface area (TPSA) is 297 Å². The summed E-state index contributed by atoms with van der Waals surface area (Å²) < 4.78 is 17.4. The van der Waals surface area contributed by atoms with E-state index >= 15 is 0 Å². The average Bonchev–Trinajstić information content (AvgIpc) is 3.26. The fourth-order valence-electron chi connectivity index (χ4n) is 6.82. The summed E-state index contributed by atoms with van der Waals surface area (Å²) in [4.78, 5) is 101. The highest BCUT2D eigenvalue weighted by Crippen LogP contribution is 2.11. The van der Waals surface area contributed by atoms with Crippen molar-refractivity contribution < 1.29 is 68.2 Å². The third-order valence-electron chi connectivity index (χ3n) is 10.2. The molecule has 1 aliphatic rings. The van der Waals surface area contributed by atoms with E-state index in [4.69, 9.17) is 24.8 Å². The Balaban J connectivity index is 1.69. The van der Waals surface area contributed by atoms with Gasteiger partial charge in [0.25, 0.3) is 11.5 Å². The maximum absolute atomic E-state index is 14.0. The first-order valence-corrected chi connectivity index (χ1v) is 21.4. The zero-order valence-corrected chi connectivity index (χ0v) is 36.7. The summed E-state index contributed by atoms with van der Waals surface area (Å²) in [6.07, 6.45) is -0.396. The van der Waals surface area contributed by atoms with Crippen LogP contribution in [0.1, 0.15) is 28.9 Å². The maximum Gasteiger partial charge on any atom is 0.320 e. The van der Waals surface area contributed by atoms with Gasteiger partial charge in [-0.15, -0.1) is 4.73 Å². The summed E-state index contributed by atoms with van der Waals surface area (Å²) in [5.41, 5.74) is 5.55. The van der Waals surface area contributed by atoms with Gasteiger partial charge in [0.15, 0.2) is 0 Å². The van der Waals surface area contributed by atoms with Crippen LogP contribution < -0.4 is 21.4 Å². The van der Waals surface area contributed by atoms with Crippen molar-refractivity contribution in [3.05, 3.63) is 70.1 Å². The standard InChI is InChI=1S/C42H64N8O15/c43-11-23-62-25-27-64-28-26-63-24-22-49(41(59)34-7-4-8-37(52)50(34)65-32-33-5-2-1-3-6-33)13-12-44-36(51)10-9-35(42(60)61)48-20-18-46(30-39(55)56)16-14-45(29-38(53)54)15-17-47(19-21-48)31-40(57)58/h1-8,35H,9-32,43H2,(H,44,51)(H,53,54)(H,55,56)(H,57,58)(H,60,61). The van der Waals surface area contributed by atoms with Gasteiger partial charge in [-0.3, -0.25) is 53.2 Å². The van der Waals surface area contributed by atoms with Crippen LogP contribution in [0.15, 0.2) is 53.3 Å². The quantitative estimate of drug-likeness (QED) is 0.0470. The monoisotopic (exact) mass is 920 g/mol. The molecule has 0 saturated carbocycles. The second-order valence-electron chi connectivity index (χ2n) is 15.0. The lowest BCUT2D eigenvalue weighted by atomic mass is 10.1. The fraction of sp³-hybridized carbons (Fsp3) is 0.595. The number of carbonyl (C=O) groups is 6. The van der Waals surface area contributed by atoms with E-state index in [0.29, 0.717) is 26.4 Å². The molecule has 23 nitrogen and oxygen atoms in total. The summed E-state index contributed by atoms with van der Waals surface area (Å²) in [7, 11) is 0. The van der Waals surface area contributed by atoms with Crippen LogP contribution in [-0.4, -0.2) is 229 Å². The van der Waals surface area contributed by atoms with Gasteiger partial charge in [0, 0.05) is 91.0 Å². The highest BCUT2D eigenvalue weighted by Gasteiger charge is 2.29. The number of nitrogens with one attached hydrogen (secondary N) is 1. The molecular formula is C42H64N8O15. The van der Waals surface area contributed by atoms with Crippen molar-refractivity contribution in [3.8, 4) is 0 Å². The molecule has 2 aromatic rings. The number of pyridine rings is 1. The van der Waals surface area contributed by atoms with E-state index in [1.54, 1.807) is 19.6 Å². The van der Waals surface area contributed by atoms with Crippen LogP contribution in [0.2, 0.25) is 0 Å². The summed E-state index contributed by atoms with van der Waals surface area (Å²) >= 11 is 0. The molecule has 362 valence electrons. The lowest BCUT2D eigenvalue weighted by Gasteiger charge is -2.35. The molecule has 3 rings (SSSR count). The molecule has 1 fully saturated rings. The third kappa shape index (κ3) is 21.8. The fourth-order valence-corrected chi connectivity index (χ4v) is 6.82. The Labute approximate surface area is 377 Å². The third-order valence-corrected chi connectivity index (χ3v) is 10.2. The Morgan fingerprint density at radius 3 is 1.71 bits per heavy atom. The van der Waals surface area contributed by atoms with Gasteiger partial charge in [0.2, 0.25) is 5.91 Å². The maximum atomic E-state index is 14.0. The molecular weight excluding hydrogens is 857 g/mol. The molecule has 2 amide bonds. The Bertz CT molecular complexity index is 1810. The Morgan fingerprint density at radius 1 is 0.662 bits per heavy atom. The van der Waals surface area contributed by atoms with E-state index in [1.165, 1.54) is 23.1 Å². The molecule has 0 aliphatic carbocycles. The highest BCUT2D eigenvalue weighted by molar-refractivity contribution is 5.92. The lowest BCUT2D eigenvalue weighted by molar-refractivity contribution is -0.145. The molecule has 1 aromatic carbocycles. The van der Waals surface area contributed by atoms with E-state index in [0.717, 1.165) is 10.3 Å². The van der Waals surface area contributed by atoms with Crippen molar-refractivity contribution in [3.63, 3.8) is 0 Å². The Hall–Kier alpha value is -5.53. The van der Waals surface area contributed by atoms with Crippen LogP contribution in [0.4, 0.5) is 0 Å². The van der Waals surface area contributed by atoms with Gasteiger partial charge in [0.1, 0.15) is 18.3 Å². The van der Waals surface area contributed by atoms with Gasteiger partial charge >= 0.3 is 23.9 Å². The van der Waals surface area contributed by atoms with Crippen LogP contribution >= 0.6 is 0 Å². The van der Waals surface area contributed by atoms with Crippen LogP contribution in [0, 0.1) is 0 Å². The second kappa shape index (κ2) is 30.6. The number of aromatic nitrogens is 1. The zero-order valence-electron chi connectivity index (χ0n) is 36.7. The minimum absolute atomic E-state index is 0.00472. The van der Waals surface area contributed by atoms with E-state index in [1.807, 2.05) is 30.3 Å². The van der Waals surface area contributed by atoms with Crippen molar-refractivity contribution in [2.75, 3.05) is 138 Å². The smallest absolute Gasteiger partial charge is 0.320 e. The molecule has 7 N–H and O–H groups in total. The number of nitrogens with zero attached hydrogens (tertiary/aromatic N) is 6. The van der Waals surface area contributed by atoms with Crippen LogP contribution in [0.5, 0.6) is 0 Å². The van der Waals surface area contributed by atoms with E-state index in [-0.39, 0.29) is 137 Å². The van der Waals surface area contributed by atoms with Crippen molar-refractivity contribution >= 4 is 35.7 Å². The van der Waals surface area contributed by atoms with Gasteiger partial charge in [-0.05, 0) is 18.1 Å². The normalized spacial score (nSPS) is 15.3. The molecule has 65 heavy (non-hydrogen) atoms. The number of carboxylic acids is 4. The molecule has 23 heteroatoms. The number of rotatable bonds is 29. The molecule has 1 atom stereocenters. The predicted octanol–water partition coefficient (Wildman–Crippen LogP) is -2.25. The van der Waals surface area contributed by atoms with Crippen LogP contribution in [0.3, 0.4) is 0 Å². The molecule has 1 unspecified atom stereocenters. The SMILES string of the molecule is NCCOCCOCCOCCN(CCNC(=O)CCC(C(=O)O)N1CCN(CC(=O)O)CCN(CC(=O)O)CCN(CC(=O)O)CC1)C(=O)c1cccc(=O)n1OCc1ccccc1. The minimum atomic E-state index is -1.24. The first-order valence-electron chi connectivity index (χ1n) is 21.4. The Kier molecular flexibility index (Phi) is 25.3. The number of nitrogens with two attached hydrogens (primary N) is 1. The number of aliphatic carboxylic acids is 4. The van der Waals surface area contributed by atoms with Gasteiger partial charge < -0.3 is 55.4 Å². The number of benzene rings is 1. The molecule has 0 spiro atoms. The average molecular weight is 921 g/mol. The van der Waals surface area contributed by atoms with Crippen molar-refractivity contribution in [1.29, 1.82) is 0 Å². The molecule has 2 heterocycles. The first kappa shape index (κ1) is 53.8. The molecule has 1 saturated heterocycles. The van der Waals surface area contributed by atoms with Crippen molar-refractivity contribution in [2.45, 2.75) is 25.5 Å². The van der Waals surface area contributed by atoms with Gasteiger partial charge in [-0.1, -0.05) is 36.4 Å². The number of amides is 2. The lowest BCUT2D eigenvalue weighted by Crippen LogP contribution is -2.52. The van der Waals surface area contributed by atoms with Crippen molar-refractivity contribution in [2.24, 2.45) is 5.73 Å². The Morgan fingerprint density at radius 2 is 1.18 bits per heavy atom. The van der Waals surface area contributed by atoms with Gasteiger partial charge in [-0.25, -0.2) is 0 Å². The molecule has 1 aromatic heterocycles. The predicted molar refractivity (Wildman–Crippen MR) is 232 cm³/mol. The first-order chi connectivity index (χ1) is 31.3. The molecule has 0 bridgehead atoms. The zero-order chi connectivity index (χ0) is 47.4. The van der Waals surface area contributed by atoms with Crippen LogP contribution in [-0.2, 0) is 44.8 Å². The van der Waals surface area contributed by atoms with E-state index < -0.39 is 47.3 Å². The number of carbonyl (C=O) groups excluding carboxylic acids is 2. The summed E-state index contributed by atoms with van der Waals surface area (Å²) in [5.74, 6) is -5.67. The highest BCUT2D eigenvalue weighted by atomic mass is 16.7. The molecule has 1 aliphatic heterocycles. The largest absolute Gasteiger partial charge is 0.480 e. The number of carboxylic acid groups (broad SMARTS) is 4. The van der Waals surface area contributed by atoms with E-state index in [2.05, 4.69) is 5.32 Å².